The van der Waals surface area contributed by atoms with Crippen LogP contribution in [0.5, 0.6) is 5.75 Å². The minimum absolute atomic E-state index is 0. The maximum Gasteiger partial charge on any atom is 0.430 e. The third-order valence-electron chi connectivity index (χ3n) is 4.83. The van der Waals surface area contributed by atoms with Gasteiger partial charge in [0.1, 0.15) is 17.2 Å². The van der Waals surface area contributed by atoms with Crippen LogP contribution in [0.15, 0.2) is 30.3 Å². The van der Waals surface area contributed by atoms with Crippen LogP contribution in [0.4, 0.5) is 22.0 Å². The van der Waals surface area contributed by atoms with Crippen molar-refractivity contribution in [2.24, 2.45) is 5.92 Å². The molecule has 2 aromatic rings. The fourth-order valence-corrected chi connectivity index (χ4v) is 3.38. The summed E-state index contributed by atoms with van der Waals surface area (Å²) < 4.78 is 74.7. The van der Waals surface area contributed by atoms with Crippen LogP contribution in [0, 0.1) is 29.4 Å². The summed E-state index contributed by atoms with van der Waals surface area (Å²) >= 11 is 0. The van der Waals surface area contributed by atoms with Gasteiger partial charge >= 0.3 is 6.11 Å². The average Bonchev–Trinajstić information content (AvgIpc) is 2.54. The van der Waals surface area contributed by atoms with Gasteiger partial charge in [-0.3, -0.25) is 0 Å². The Hall–Kier alpha value is -1.01. The minimum atomic E-state index is -4.28. The molecule has 1 saturated carbocycles. The molecule has 1 radical (unpaired) electrons. The van der Waals surface area contributed by atoms with Crippen LogP contribution >= 0.6 is 0 Å². The van der Waals surface area contributed by atoms with E-state index in [2.05, 4.69) is 17.7 Å². The Morgan fingerprint density at radius 3 is 2.15 bits per heavy atom. The van der Waals surface area contributed by atoms with E-state index in [0.29, 0.717) is 17.5 Å². The summed E-state index contributed by atoms with van der Waals surface area (Å²) in [4.78, 5) is 0. The summed E-state index contributed by atoms with van der Waals surface area (Å²) in [6.45, 7) is 2.11. The maximum atomic E-state index is 14.3. The summed E-state index contributed by atoms with van der Waals surface area (Å²) in [5.41, 5.74) is -1.09. The number of benzene rings is 2. The van der Waals surface area contributed by atoms with Gasteiger partial charge in [0.2, 0.25) is 0 Å². The SMILES string of the molecule is CC1CCC(c2cc(F)c(C(F)(F)Oc3cc[c-]c(F)c3)c(F)c2)CC1.[Y]. The molecule has 0 heterocycles. The van der Waals surface area contributed by atoms with Crippen molar-refractivity contribution in [2.45, 2.75) is 44.6 Å². The Balaban J connectivity index is 0.00000261. The van der Waals surface area contributed by atoms with E-state index in [-0.39, 0.29) is 38.6 Å². The van der Waals surface area contributed by atoms with Gasteiger partial charge in [-0.15, -0.1) is 12.1 Å². The topological polar surface area (TPSA) is 9.23 Å². The van der Waals surface area contributed by atoms with Gasteiger partial charge in [-0.1, -0.05) is 25.8 Å². The van der Waals surface area contributed by atoms with Crippen molar-refractivity contribution in [1.82, 2.24) is 0 Å². The minimum Gasteiger partial charge on any atom is -0.455 e. The molecule has 0 N–H and O–H groups in total. The van der Waals surface area contributed by atoms with Gasteiger partial charge in [-0.2, -0.15) is 14.8 Å². The largest absolute Gasteiger partial charge is 0.455 e. The standard InChI is InChI=1S/C20H18F5O.Y/c1-12-5-7-13(8-6-12)14-9-17(22)19(18(23)10-14)20(24,25)26-16-4-2-3-15(21)11-16;/h2,4,9-13H,5-8H2,1H3;/q-1;. The molecule has 1 aliphatic rings. The quantitative estimate of drug-likeness (QED) is 0.385. The number of hydrogen-bond acceptors (Lipinski definition) is 1. The van der Waals surface area contributed by atoms with Crippen molar-refractivity contribution in [3.05, 3.63) is 65.0 Å². The molecule has 0 bridgehead atoms. The molecular formula is C20H18F5OY-. The number of hydrogen-bond donors (Lipinski definition) is 0. The number of halogens is 5. The van der Waals surface area contributed by atoms with Crippen molar-refractivity contribution >= 4 is 0 Å². The van der Waals surface area contributed by atoms with E-state index in [4.69, 9.17) is 0 Å². The zero-order valence-corrected chi connectivity index (χ0v) is 17.6. The van der Waals surface area contributed by atoms with Crippen LogP contribution in [0.25, 0.3) is 0 Å². The fourth-order valence-electron chi connectivity index (χ4n) is 3.38. The van der Waals surface area contributed by atoms with E-state index in [1.807, 2.05) is 0 Å². The number of alkyl halides is 2. The van der Waals surface area contributed by atoms with Crippen LogP contribution in [-0.2, 0) is 38.8 Å². The van der Waals surface area contributed by atoms with Gasteiger partial charge in [0, 0.05) is 44.3 Å². The second-order valence-electron chi connectivity index (χ2n) is 6.81. The van der Waals surface area contributed by atoms with Crippen molar-refractivity contribution in [1.29, 1.82) is 0 Å². The van der Waals surface area contributed by atoms with Crippen LogP contribution in [0.2, 0.25) is 0 Å². The summed E-state index contributed by atoms with van der Waals surface area (Å²) in [5.74, 6) is -3.69. The number of ether oxygens (including phenoxy) is 1. The smallest absolute Gasteiger partial charge is 0.430 e. The average molecular weight is 458 g/mol. The summed E-state index contributed by atoms with van der Waals surface area (Å²) in [6, 6.07) is 6.78. The Labute approximate surface area is 180 Å². The molecule has 143 valence electrons. The third-order valence-corrected chi connectivity index (χ3v) is 4.83. The van der Waals surface area contributed by atoms with Crippen LogP contribution < -0.4 is 4.74 Å². The molecule has 3 rings (SSSR count). The first-order valence-electron chi connectivity index (χ1n) is 8.49. The van der Waals surface area contributed by atoms with Gasteiger partial charge in [-0.25, -0.2) is 13.2 Å². The maximum absolute atomic E-state index is 14.3. The molecule has 0 atom stereocenters. The molecule has 1 fully saturated rings. The molecule has 1 nitrogen and oxygen atoms in total. The molecule has 0 amide bonds. The first-order valence-corrected chi connectivity index (χ1v) is 8.49. The Bertz CT molecular complexity index is 765. The number of rotatable bonds is 4. The normalized spacial score (nSPS) is 20.1. The zero-order chi connectivity index (χ0) is 18.9. The fraction of sp³-hybridized carbons (Fsp3) is 0.400. The second kappa shape index (κ2) is 9.00. The van der Waals surface area contributed by atoms with Crippen molar-refractivity contribution in [3.63, 3.8) is 0 Å². The van der Waals surface area contributed by atoms with E-state index >= 15 is 0 Å². The van der Waals surface area contributed by atoms with Crippen molar-refractivity contribution < 1.29 is 59.4 Å². The molecular weight excluding hydrogens is 440 g/mol. The molecule has 27 heavy (non-hydrogen) atoms. The van der Waals surface area contributed by atoms with Crippen LogP contribution in [-0.4, -0.2) is 0 Å². The van der Waals surface area contributed by atoms with Gasteiger partial charge < -0.3 is 4.74 Å². The van der Waals surface area contributed by atoms with Crippen LogP contribution in [0.3, 0.4) is 0 Å². The summed E-state index contributed by atoms with van der Waals surface area (Å²) in [7, 11) is 0. The van der Waals surface area contributed by atoms with E-state index in [1.54, 1.807) is 0 Å². The molecule has 1 aliphatic carbocycles. The van der Waals surface area contributed by atoms with E-state index in [0.717, 1.165) is 49.9 Å². The molecule has 2 aromatic carbocycles. The van der Waals surface area contributed by atoms with Crippen molar-refractivity contribution in [3.8, 4) is 5.75 Å². The molecule has 0 aliphatic heterocycles. The van der Waals surface area contributed by atoms with Crippen molar-refractivity contribution in [2.75, 3.05) is 0 Å². The van der Waals surface area contributed by atoms with E-state index in [1.165, 1.54) is 0 Å². The molecule has 0 spiro atoms. The molecule has 0 unspecified atom stereocenters. The van der Waals surface area contributed by atoms with Gasteiger partial charge in [0.15, 0.2) is 0 Å². The second-order valence-corrected chi connectivity index (χ2v) is 6.81. The Morgan fingerprint density at radius 2 is 1.59 bits per heavy atom. The molecule has 7 heteroatoms. The Morgan fingerprint density at radius 1 is 1.00 bits per heavy atom. The zero-order valence-electron chi connectivity index (χ0n) is 14.7. The summed E-state index contributed by atoms with van der Waals surface area (Å²) in [6.07, 6.45) is -0.864. The monoisotopic (exact) mass is 458 g/mol. The molecule has 0 saturated heterocycles. The van der Waals surface area contributed by atoms with E-state index in [9.17, 15) is 22.0 Å². The predicted molar refractivity (Wildman–Crippen MR) is 86.5 cm³/mol. The van der Waals surface area contributed by atoms with Crippen LogP contribution in [0.1, 0.15) is 49.7 Å². The van der Waals surface area contributed by atoms with Gasteiger partial charge in [0.05, 0.1) is 0 Å². The Kier molecular flexibility index (Phi) is 7.42. The molecule has 0 aromatic heterocycles. The third kappa shape index (κ3) is 5.29. The first kappa shape index (κ1) is 22.3. The van der Waals surface area contributed by atoms with E-state index < -0.39 is 34.9 Å². The summed E-state index contributed by atoms with van der Waals surface area (Å²) in [5, 5.41) is 0. The van der Waals surface area contributed by atoms with Gasteiger partial charge in [-0.05, 0) is 42.4 Å². The first-order chi connectivity index (χ1) is 12.3. The van der Waals surface area contributed by atoms with Gasteiger partial charge in [0.25, 0.3) is 0 Å². The predicted octanol–water partition coefficient (Wildman–Crippen LogP) is 6.32.